The van der Waals surface area contributed by atoms with Crippen molar-refractivity contribution in [1.29, 1.82) is 0 Å². The van der Waals surface area contributed by atoms with Crippen molar-refractivity contribution in [3.63, 3.8) is 0 Å². The van der Waals surface area contributed by atoms with Gasteiger partial charge in [0.15, 0.2) is 0 Å². The van der Waals surface area contributed by atoms with Crippen molar-refractivity contribution in [2.24, 2.45) is 0 Å². The van der Waals surface area contributed by atoms with Crippen LogP contribution in [0.3, 0.4) is 0 Å². The minimum atomic E-state index is -4.35. The third kappa shape index (κ3) is 6.93. The van der Waals surface area contributed by atoms with E-state index in [1.54, 1.807) is 0 Å². The van der Waals surface area contributed by atoms with Gasteiger partial charge in [-0.15, -0.1) is 0 Å². The van der Waals surface area contributed by atoms with Crippen molar-refractivity contribution >= 4 is 0 Å². The molecule has 10 heavy (non-hydrogen) atoms. The largest absolute Gasteiger partial charge is 0.392 e. The van der Waals surface area contributed by atoms with Gasteiger partial charge in [0.1, 0.15) is 0 Å². The van der Waals surface area contributed by atoms with E-state index in [2.05, 4.69) is 0 Å². The van der Waals surface area contributed by atoms with Crippen LogP contribution in [-0.4, -0.2) is 11.1 Å². The zero-order chi connectivity index (χ0) is 8.20. The lowest BCUT2D eigenvalue weighted by molar-refractivity contribution is -0.402. The molecule has 0 radical (unpaired) electrons. The fourth-order valence-corrected chi connectivity index (χ4v) is 0.272. The number of nitro groups is 1. The Morgan fingerprint density at radius 3 is 2.30 bits per heavy atom. The number of alkyl halides is 3. The Labute approximate surface area is 54.3 Å². The number of rotatable bonds is 2. The van der Waals surface area contributed by atoms with Gasteiger partial charge < -0.3 is 0 Å². The highest BCUT2D eigenvalue weighted by Crippen LogP contribution is 2.19. The molecule has 0 spiro atoms. The van der Waals surface area contributed by atoms with Gasteiger partial charge in [-0.05, 0) is 6.08 Å². The molecule has 0 fully saturated rings. The molecule has 0 aliphatic rings. The molecule has 0 rings (SSSR count). The van der Waals surface area contributed by atoms with Crippen LogP contribution in [0.5, 0.6) is 0 Å². The van der Waals surface area contributed by atoms with E-state index in [0.717, 1.165) is 0 Å². The van der Waals surface area contributed by atoms with E-state index in [0.29, 0.717) is 6.08 Å². The normalized spacial score (nSPS) is 12.3. The Hall–Kier alpha value is -1.07. The quantitative estimate of drug-likeness (QED) is 0.450. The lowest BCUT2D eigenvalue weighted by Gasteiger charge is -1.97. The van der Waals surface area contributed by atoms with Gasteiger partial charge in [0.2, 0.25) is 6.20 Å². The first-order chi connectivity index (χ1) is 4.42. The van der Waals surface area contributed by atoms with Gasteiger partial charge in [-0.3, -0.25) is 10.1 Å². The summed E-state index contributed by atoms with van der Waals surface area (Å²) in [6.07, 6.45) is -4.88. The van der Waals surface area contributed by atoms with Gasteiger partial charge in [0.25, 0.3) is 0 Å². The van der Waals surface area contributed by atoms with Gasteiger partial charge in [0.05, 0.1) is 11.3 Å². The van der Waals surface area contributed by atoms with Crippen LogP contribution in [-0.2, 0) is 0 Å². The predicted molar refractivity (Wildman–Crippen MR) is 26.8 cm³/mol. The predicted octanol–water partition coefficient (Wildman–Crippen LogP) is 1.73. The second-order valence-corrected chi connectivity index (χ2v) is 1.49. The Morgan fingerprint density at radius 1 is 1.50 bits per heavy atom. The summed E-state index contributed by atoms with van der Waals surface area (Å²) in [5.41, 5.74) is 0. The molecule has 0 saturated carbocycles. The number of allylic oxidation sites excluding steroid dienone is 1. The average molecular weight is 155 g/mol. The number of halogens is 3. The first-order valence-corrected chi connectivity index (χ1v) is 2.29. The molecule has 3 nitrogen and oxygen atoms in total. The minimum Gasteiger partial charge on any atom is -0.259 e. The molecule has 0 aromatic carbocycles. The highest BCUT2D eigenvalue weighted by Gasteiger charge is 2.25. The maximum Gasteiger partial charge on any atom is 0.392 e. The molecule has 0 atom stereocenters. The molecule has 0 aliphatic carbocycles. The van der Waals surface area contributed by atoms with Crippen LogP contribution in [0.4, 0.5) is 13.2 Å². The smallest absolute Gasteiger partial charge is 0.259 e. The zero-order valence-electron chi connectivity index (χ0n) is 4.76. The molecule has 0 N–H and O–H groups in total. The molecule has 0 heterocycles. The van der Waals surface area contributed by atoms with Gasteiger partial charge in [-0.25, -0.2) is 0 Å². The molecule has 0 unspecified atom stereocenters. The van der Waals surface area contributed by atoms with Crippen molar-refractivity contribution in [2.45, 2.75) is 12.6 Å². The minimum absolute atomic E-state index is 0.271. The van der Waals surface area contributed by atoms with Crippen LogP contribution in [0.25, 0.3) is 0 Å². The van der Waals surface area contributed by atoms with Crippen molar-refractivity contribution in [1.82, 2.24) is 0 Å². The van der Waals surface area contributed by atoms with Crippen molar-refractivity contribution in [3.05, 3.63) is 22.4 Å². The second-order valence-electron chi connectivity index (χ2n) is 1.49. The molecule has 0 aliphatic heterocycles. The third-order valence-electron chi connectivity index (χ3n) is 0.576. The highest BCUT2D eigenvalue weighted by molar-refractivity contribution is 4.75. The molecule has 0 saturated heterocycles. The fourth-order valence-electron chi connectivity index (χ4n) is 0.272. The van der Waals surface area contributed by atoms with Crippen molar-refractivity contribution in [3.8, 4) is 0 Å². The Kier molecular flexibility index (Phi) is 2.85. The Bertz CT molecular complexity index is 151. The fraction of sp³-hybridized carbons (Fsp3) is 0.500. The van der Waals surface area contributed by atoms with Crippen LogP contribution in [0.1, 0.15) is 6.42 Å². The lowest BCUT2D eigenvalue weighted by atomic mass is 10.4. The average Bonchev–Trinajstić information content (AvgIpc) is 1.59. The van der Waals surface area contributed by atoms with Gasteiger partial charge in [0, 0.05) is 0 Å². The van der Waals surface area contributed by atoms with E-state index in [-0.39, 0.29) is 6.20 Å². The molecule has 0 amide bonds. The summed E-state index contributed by atoms with van der Waals surface area (Å²) in [4.78, 5) is 8.50. The van der Waals surface area contributed by atoms with Crippen molar-refractivity contribution in [2.75, 3.05) is 0 Å². The summed E-state index contributed by atoms with van der Waals surface area (Å²) in [5, 5.41) is 9.44. The maximum atomic E-state index is 11.2. The third-order valence-corrected chi connectivity index (χ3v) is 0.576. The van der Waals surface area contributed by atoms with E-state index < -0.39 is 17.5 Å². The van der Waals surface area contributed by atoms with E-state index in [1.165, 1.54) is 0 Å². The van der Waals surface area contributed by atoms with E-state index >= 15 is 0 Å². The Morgan fingerprint density at radius 2 is 2.00 bits per heavy atom. The van der Waals surface area contributed by atoms with Gasteiger partial charge in [-0.1, -0.05) is 0 Å². The van der Waals surface area contributed by atoms with Crippen molar-refractivity contribution < 1.29 is 18.1 Å². The zero-order valence-corrected chi connectivity index (χ0v) is 4.76. The lowest BCUT2D eigenvalue weighted by Crippen LogP contribution is -2.04. The number of hydrogen-bond donors (Lipinski definition) is 0. The first-order valence-electron chi connectivity index (χ1n) is 2.29. The van der Waals surface area contributed by atoms with E-state index in [9.17, 15) is 23.3 Å². The molecule has 0 bridgehead atoms. The molecule has 58 valence electrons. The van der Waals surface area contributed by atoms with Crippen LogP contribution in [0.15, 0.2) is 12.3 Å². The van der Waals surface area contributed by atoms with Gasteiger partial charge in [-0.2, -0.15) is 13.2 Å². The summed E-state index contributed by atoms with van der Waals surface area (Å²) in [6, 6.07) is 0. The highest BCUT2D eigenvalue weighted by atomic mass is 19.4. The second kappa shape index (κ2) is 3.19. The summed E-state index contributed by atoms with van der Waals surface area (Å²) in [7, 11) is 0. The molecular formula is C4H4F3NO2. The molecule has 0 aromatic heterocycles. The molecule has 0 aromatic rings. The Balaban J connectivity index is 3.64. The summed E-state index contributed by atoms with van der Waals surface area (Å²) in [5.74, 6) is 0. The molecular weight excluding hydrogens is 151 g/mol. The summed E-state index contributed by atoms with van der Waals surface area (Å²) < 4.78 is 33.7. The van der Waals surface area contributed by atoms with Crippen LogP contribution in [0.2, 0.25) is 0 Å². The topological polar surface area (TPSA) is 43.1 Å². The summed E-state index contributed by atoms with van der Waals surface area (Å²) >= 11 is 0. The number of nitrogens with zero attached hydrogens (tertiary/aromatic N) is 1. The van der Waals surface area contributed by atoms with Crippen LogP contribution < -0.4 is 0 Å². The monoisotopic (exact) mass is 155 g/mol. The van der Waals surface area contributed by atoms with Crippen LogP contribution >= 0.6 is 0 Å². The SMILES string of the molecule is O=[N+]([O-])/C=C/CC(F)(F)F. The van der Waals surface area contributed by atoms with Crippen LogP contribution in [0, 0.1) is 10.1 Å². The summed E-state index contributed by atoms with van der Waals surface area (Å²) in [6.45, 7) is 0. The molecule has 6 heteroatoms. The van der Waals surface area contributed by atoms with E-state index in [1.807, 2.05) is 0 Å². The first kappa shape index (κ1) is 8.93. The van der Waals surface area contributed by atoms with E-state index in [4.69, 9.17) is 0 Å². The number of hydrogen-bond acceptors (Lipinski definition) is 2. The van der Waals surface area contributed by atoms with Gasteiger partial charge >= 0.3 is 6.18 Å². The standard InChI is InChI=1S/C4H4F3NO2/c5-4(6,7)2-1-3-8(9)10/h1,3H,2H2/b3-1+. The maximum absolute atomic E-state index is 11.2.